The molecule has 2 aromatic heterocycles. The van der Waals surface area contributed by atoms with Crippen LogP contribution in [0.3, 0.4) is 0 Å². The van der Waals surface area contributed by atoms with Gasteiger partial charge in [0.25, 0.3) is 0 Å². The molecule has 10 aromatic rings. The zero-order chi connectivity index (χ0) is 35.8. The minimum Gasteiger partial charge on any atom is -0.455 e. The topological polar surface area (TPSA) is 29.5 Å². The SMILES string of the molecule is [2H]c1c([2H])c(-c2cccc3c2oc2ccccc23)c([2H])c(N(c2ccccc2-c2ccccc2)c2cccc3oc4c5ccccc5ccc4c23)c1[2H]. The number of nitrogens with zero attached hydrogens (tertiary/aromatic N) is 1. The zero-order valence-electron chi connectivity index (χ0n) is 30.2. The van der Waals surface area contributed by atoms with Crippen molar-refractivity contribution in [3.8, 4) is 22.3 Å². The Morgan fingerprint density at radius 3 is 2.08 bits per heavy atom. The van der Waals surface area contributed by atoms with Crippen LogP contribution in [0.2, 0.25) is 0 Å². The van der Waals surface area contributed by atoms with Crippen molar-refractivity contribution >= 4 is 71.7 Å². The van der Waals surface area contributed by atoms with Gasteiger partial charge < -0.3 is 13.7 Å². The van der Waals surface area contributed by atoms with E-state index in [1.54, 1.807) is 0 Å². The third kappa shape index (κ3) is 4.37. The highest BCUT2D eigenvalue weighted by Crippen LogP contribution is 2.47. The maximum absolute atomic E-state index is 9.99. The van der Waals surface area contributed by atoms with Crippen LogP contribution in [0.15, 0.2) is 185 Å². The third-order valence-electron chi connectivity index (χ3n) is 9.34. The van der Waals surface area contributed by atoms with Gasteiger partial charge in [-0.05, 0) is 58.9 Å². The van der Waals surface area contributed by atoms with Crippen LogP contribution in [-0.4, -0.2) is 0 Å². The van der Waals surface area contributed by atoms with Crippen LogP contribution in [0.5, 0.6) is 0 Å². The number of hydrogen-bond acceptors (Lipinski definition) is 3. The number of fused-ring (bicyclic) bond motifs is 8. The first-order chi connectivity index (χ1) is 26.0. The molecule has 0 saturated heterocycles. The summed E-state index contributed by atoms with van der Waals surface area (Å²) in [5.41, 5.74) is 6.80. The van der Waals surface area contributed by atoms with E-state index in [2.05, 4.69) is 24.3 Å². The Morgan fingerprint density at radius 1 is 0.449 bits per heavy atom. The summed E-state index contributed by atoms with van der Waals surface area (Å²) < 4.78 is 51.0. The van der Waals surface area contributed by atoms with Crippen molar-refractivity contribution in [2.45, 2.75) is 0 Å². The zero-order valence-corrected chi connectivity index (χ0v) is 26.2. The van der Waals surface area contributed by atoms with Gasteiger partial charge in [-0.3, -0.25) is 0 Å². The minimum atomic E-state index is -0.281. The second-order valence-corrected chi connectivity index (χ2v) is 12.1. The normalized spacial score (nSPS) is 12.8. The lowest BCUT2D eigenvalue weighted by Crippen LogP contribution is -2.11. The molecule has 230 valence electrons. The summed E-state index contributed by atoms with van der Waals surface area (Å²) in [6, 6.07) is 48.7. The van der Waals surface area contributed by atoms with Gasteiger partial charge in [-0.25, -0.2) is 0 Å². The van der Waals surface area contributed by atoms with Crippen molar-refractivity contribution < 1.29 is 14.3 Å². The maximum atomic E-state index is 9.99. The van der Waals surface area contributed by atoms with Gasteiger partial charge in [0.1, 0.15) is 22.3 Å². The molecule has 8 aromatic carbocycles. The Kier molecular flexibility index (Phi) is 5.32. The van der Waals surface area contributed by atoms with E-state index in [9.17, 15) is 5.48 Å². The summed E-state index contributed by atoms with van der Waals surface area (Å²) in [5.74, 6) is 0. The monoisotopic (exact) mass is 631 g/mol. The molecule has 0 fully saturated rings. The molecular weight excluding hydrogens is 599 g/mol. The van der Waals surface area contributed by atoms with Crippen LogP contribution in [0.25, 0.3) is 76.9 Å². The summed E-state index contributed by atoms with van der Waals surface area (Å²) in [4.78, 5) is 1.92. The molecule has 0 spiro atoms. The average Bonchev–Trinajstić information content (AvgIpc) is 3.79. The van der Waals surface area contributed by atoms with Gasteiger partial charge >= 0.3 is 0 Å². The Labute approximate surface area is 288 Å². The number of benzene rings is 8. The number of rotatable bonds is 5. The van der Waals surface area contributed by atoms with Crippen molar-refractivity contribution in [2.75, 3.05) is 4.90 Å². The second kappa shape index (κ2) is 11.0. The average molecular weight is 632 g/mol. The summed E-state index contributed by atoms with van der Waals surface area (Å²) in [6.45, 7) is 0. The molecule has 0 aliphatic carbocycles. The van der Waals surface area contributed by atoms with E-state index in [1.165, 1.54) is 0 Å². The molecule has 0 aliphatic heterocycles. The van der Waals surface area contributed by atoms with Crippen LogP contribution in [-0.2, 0) is 0 Å². The van der Waals surface area contributed by atoms with Gasteiger partial charge in [0.05, 0.1) is 22.2 Å². The standard InChI is InChI=1S/C46H29NO2/c1-2-13-30(14-3-1)34-18-6-8-23-40(34)47(41-24-12-26-43-44(41)39-28-27-31-15-4-5-19-35(31)46(39)49-43)33-17-10-16-32(29-33)36-21-11-22-38-37-20-7-9-25-42(37)48-45(36)38/h1-29H/i10D,16D,17D,29D. The lowest BCUT2D eigenvalue weighted by Gasteiger charge is -2.29. The molecule has 0 radical (unpaired) electrons. The Balaban J connectivity index is 1.33. The predicted molar refractivity (Wildman–Crippen MR) is 204 cm³/mol. The summed E-state index contributed by atoms with van der Waals surface area (Å²) >= 11 is 0. The smallest absolute Gasteiger partial charge is 0.143 e. The van der Waals surface area contributed by atoms with Crippen LogP contribution in [0, 0.1) is 0 Å². The number of furan rings is 2. The third-order valence-corrected chi connectivity index (χ3v) is 9.34. The molecule has 0 bridgehead atoms. The maximum Gasteiger partial charge on any atom is 0.143 e. The predicted octanol–water partition coefficient (Wildman–Crippen LogP) is 13.4. The van der Waals surface area contributed by atoms with E-state index in [1.807, 2.05) is 132 Å². The molecular formula is C46H29NO2. The number of anilines is 3. The number of para-hydroxylation sites is 3. The molecule has 0 saturated carbocycles. The van der Waals surface area contributed by atoms with Gasteiger partial charge in [-0.2, -0.15) is 0 Å². The molecule has 0 N–H and O–H groups in total. The van der Waals surface area contributed by atoms with Gasteiger partial charge in [0.2, 0.25) is 0 Å². The largest absolute Gasteiger partial charge is 0.455 e. The lowest BCUT2D eigenvalue weighted by atomic mass is 9.99. The quantitative estimate of drug-likeness (QED) is 0.189. The molecule has 2 heterocycles. The van der Waals surface area contributed by atoms with Crippen molar-refractivity contribution in [1.29, 1.82) is 0 Å². The van der Waals surface area contributed by atoms with E-state index in [-0.39, 0.29) is 35.4 Å². The van der Waals surface area contributed by atoms with Crippen LogP contribution in [0.4, 0.5) is 17.1 Å². The number of hydrogen-bond donors (Lipinski definition) is 0. The van der Waals surface area contributed by atoms with E-state index < -0.39 is 0 Å². The van der Waals surface area contributed by atoms with E-state index >= 15 is 0 Å². The highest BCUT2D eigenvalue weighted by atomic mass is 16.3. The minimum absolute atomic E-state index is 0.0536. The fraction of sp³-hybridized carbons (Fsp3) is 0. The Morgan fingerprint density at radius 2 is 1.14 bits per heavy atom. The van der Waals surface area contributed by atoms with Gasteiger partial charge in [0.15, 0.2) is 0 Å². The molecule has 0 atom stereocenters. The summed E-state index contributed by atoms with van der Waals surface area (Å²) in [7, 11) is 0. The van der Waals surface area contributed by atoms with Gasteiger partial charge in [-0.1, -0.05) is 133 Å². The van der Waals surface area contributed by atoms with E-state index in [0.29, 0.717) is 33.7 Å². The highest BCUT2D eigenvalue weighted by Gasteiger charge is 2.23. The molecule has 0 amide bonds. The Hall–Kier alpha value is -6.58. The summed E-state index contributed by atoms with van der Waals surface area (Å²) in [6.07, 6.45) is 0. The van der Waals surface area contributed by atoms with Crippen LogP contribution < -0.4 is 4.90 Å². The van der Waals surface area contributed by atoms with Gasteiger partial charge in [0, 0.05) is 38.4 Å². The first-order valence-electron chi connectivity index (χ1n) is 18.3. The fourth-order valence-corrected chi connectivity index (χ4v) is 7.15. The van der Waals surface area contributed by atoms with Crippen molar-refractivity contribution in [3.05, 3.63) is 176 Å². The lowest BCUT2D eigenvalue weighted by molar-refractivity contribution is 0.670. The van der Waals surface area contributed by atoms with Crippen LogP contribution in [0.1, 0.15) is 5.48 Å². The molecule has 3 heteroatoms. The molecule has 10 rings (SSSR count). The highest BCUT2D eigenvalue weighted by molar-refractivity contribution is 6.20. The fourth-order valence-electron chi connectivity index (χ4n) is 7.15. The molecule has 3 nitrogen and oxygen atoms in total. The van der Waals surface area contributed by atoms with Crippen molar-refractivity contribution in [2.24, 2.45) is 0 Å². The molecule has 49 heavy (non-hydrogen) atoms. The van der Waals surface area contributed by atoms with Gasteiger partial charge in [-0.15, -0.1) is 0 Å². The first kappa shape index (κ1) is 23.7. The van der Waals surface area contributed by atoms with Crippen LogP contribution >= 0.6 is 0 Å². The van der Waals surface area contributed by atoms with Crippen molar-refractivity contribution in [3.63, 3.8) is 0 Å². The summed E-state index contributed by atoms with van der Waals surface area (Å²) in [5, 5.41) is 5.53. The molecule has 0 unspecified atom stereocenters. The van der Waals surface area contributed by atoms with E-state index in [0.717, 1.165) is 49.0 Å². The Bertz CT molecular complexity index is 3070. The molecule has 0 aliphatic rings. The van der Waals surface area contributed by atoms with E-state index in [4.69, 9.17) is 8.83 Å². The van der Waals surface area contributed by atoms with Crippen molar-refractivity contribution in [1.82, 2.24) is 0 Å². The first-order valence-corrected chi connectivity index (χ1v) is 16.3. The second-order valence-electron chi connectivity index (χ2n) is 12.1.